The summed E-state index contributed by atoms with van der Waals surface area (Å²) >= 11 is 5.89. The summed E-state index contributed by atoms with van der Waals surface area (Å²) in [7, 11) is 1.87. The number of nitrogen functional groups attached to an aromatic ring is 1. The molecule has 0 atom stereocenters. The Bertz CT molecular complexity index is 640. The Kier molecular flexibility index (Phi) is 4.88. The molecule has 0 unspecified atom stereocenters. The third kappa shape index (κ3) is 4.24. The predicted molar refractivity (Wildman–Crippen MR) is 84.3 cm³/mol. The second-order valence-corrected chi connectivity index (χ2v) is 5.39. The van der Waals surface area contributed by atoms with Crippen molar-refractivity contribution in [1.29, 1.82) is 0 Å². The van der Waals surface area contributed by atoms with E-state index in [1.54, 1.807) is 24.5 Å². The van der Waals surface area contributed by atoms with Crippen LogP contribution in [0.2, 0.25) is 5.02 Å². The number of nitrogens with two attached hydrogens (primary N) is 1. The molecule has 0 saturated carbocycles. The zero-order valence-electron chi connectivity index (χ0n) is 12.0. The quantitative estimate of drug-likeness (QED) is 0.833. The Morgan fingerprint density at radius 2 is 2.19 bits per heavy atom. The maximum absolute atomic E-state index is 12.0. The van der Waals surface area contributed by atoms with Gasteiger partial charge in [-0.05, 0) is 38.2 Å². The minimum atomic E-state index is -0.146. The van der Waals surface area contributed by atoms with Crippen LogP contribution in [0.5, 0.6) is 0 Å². The van der Waals surface area contributed by atoms with Gasteiger partial charge in [-0.1, -0.05) is 11.6 Å². The third-order valence-electron chi connectivity index (χ3n) is 3.11. The summed E-state index contributed by atoms with van der Waals surface area (Å²) in [5.74, 6) is 0.717. The molecule has 0 fully saturated rings. The molecule has 1 aromatic carbocycles. The van der Waals surface area contributed by atoms with Crippen molar-refractivity contribution in [3.05, 3.63) is 46.9 Å². The number of halogens is 1. The largest absolute Gasteiger partial charge is 0.469 e. The monoisotopic (exact) mass is 307 g/mol. The second-order valence-electron chi connectivity index (χ2n) is 4.95. The maximum Gasteiger partial charge on any atom is 0.238 e. The Hall–Kier alpha value is -1.98. The van der Waals surface area contributed by atoms with Crippen molar-refractivity contribution in [3.63, 3.8) is 0 Å². The van der Waals surface area contributed by atoms with Gasteiger partial charge in [0.1, 0.15) is 5.76 Å². The van der Waals surface area contributed by atoms with Crippen LogP contribution in [0.3, 0.4) is 0 Å². The summed E-state index contributed by atoms with van der Waals surface area (Å²) in [5.41, 5.74) is 7.88. The molecule has 5 nitrogen and oxygen atoms in total. The molecule has 0 saturated heterocycles. The van der Waals surface area contributed by atoms with Gasteiger partial charge < -0.3 is 15.5 Å². The van der Waals surface area contributed by atoms with Gasteiger partial charge in [-0.2, -0.15) is 0 Å². The number of hydrogen-bond donors (Lipinski definition) is 2. The number of nitrogens with one attached hydrogen (secondary N) is 1. The standard InChI is InChI=1S/C15H18ClN3O2/c1-10-11(5-6-21-10)8-19(2)9-15(20)18-14-7-12(16)3-4-13(14)17/h3-7H,8-9,17H2,1-2H3,(H,18,20). The summed E-state index contributed by atoms with van der Waals surface area (Å²) in [4.78, 5) is 13.9. The van der Waals surface area contributed by atoms with Gasteiger partial charge in [0.2, 0.25) is 5.91 Å². The van der Waals surface area contributed by atoms with E-state index in [4.69, 9.17) is 21.8 Å². The van der Waals surface area contributed by atoms with Crippen molar-refractivity contribution in [3.8, 4) is 0 Å². The van der Waals surface area contributed by atoms with Crippen LogP contribution in [0.4, 0.5) is 11.4 Å². The van der Waals surface area contributed by atoms with Gasteiger partial charge in [0, 0.05) is 17.1 Å². The lowest BCUT2D eigenvalue weighted by atomic mass is 10.2. The molecule has 0 aliphatic rings. The highest BCUT2D eigenvalue weighted by Gasteiger charge is 2.11. The number of rotatable bonds is 5. The van der Waals surface area contributed by atoms with Gasteiger partial charge in [-0.25, -0.2) is 0 Å². The normalized spacial score (nSPS) is 10.9. The van der Waals surface area contributed by atoms with Gasteiger partial charge in [0.25, 0.3) is 0 Å². The maximum atomic E-state index is 12.0. The number of nitrogens with zero attached hydrogens (tertiary/aromatic N) is 1. The molecule has 0 bridgehead atoms. The molecule has 3 N–H and O–H groups in total. The molecular weight excluding hydrogens is 290 g/mol. The zero-order valence-corrected chi connectivity index (χ0v) is 12.8. The fraction of sp³-hybridized carbons (Fsp3) is 0.267. The van der Waals surface area contributed by atoms with Crippen molar-refractivity contribution in [2.75, 3.05) is 24.6 Å². The van der Waals surface area contributed by atoms with E-state index in [0.717, 1.165) is 11.3 Å². The number of carbonyl (C=O) groups is 1. The Morgan fingerprint density at radius 3 is 2.86 bits per heavy atom. The minimum absolute atomic E-state index is 0.146. The van der Waals surface area contributed by atoms with Crippen LogP contribution in [0.15, 0.2) is 34.9 Å². The van der Waals surface area contributed by atoms with Crippen molar-refractivity contribution in [1.82, 2.24) is 4.90 Å². The molecular formula is C15H18ClN3O2. The SMILES string of the molecule is Cc1occc1CN(C)CC(=O)Nc1cc(Cl)ccc1N. The fourth-order valence-electron chi connectivity index (χ4n) is 1.99. The van der Waals surface area contributed by atoms with Gasteiger partial charge >= 0.3 is 0 Å². The van der Waals surface area contributed by atoms with Gasteiger partial charge in [-0.15, -0.1) is 0 Å². The first-order valence-electron chi connectivity index (χ1n) is 6.52. The Labute approximate surface area is 128 Å². The van der Waals surface area contributed by atoms with Crippen LogP contribution >= 0.6 is 11.6 Å². The topological polar surface area (TPSA) is 71.5 Å². The molecule has 6 heteroatoms. The number of carbonyl (C=O) groups excluding carboxylic acids is 1. The molecule has 2 aromatic rings. The summed E-state index contributed by atoms with van der Waals surface area (Å²) in [6.07, 6.45) is 1.64. The number of benzene rings is 1. The average Bonchev–Trinajstić information content (AvgIpc) is 2.79. The molecule has 0 aliphatic heterocycles. The van der Waals surface area contributed by atoms with Gasteiger partial charge in [0.15, 0.2) is 0 Å². The number of likely N-dealkylation sites (N-methyl/N-ethyl adjacent to an activating group) is 1. The molecule has 1 amide bonds. The zero-order chi connectivity index (χ0) is 15.4. The van der Waals surface area contributed by atoms with Crippen LogP contribution in [-0.4, -0.2) is 24.4 Å². The summed E-state index contributed by atoms with van der Waals surface area (Å²) in [6.45, 7) is 2.78. The van der Waals surface area contributed by atoms with Crippen molar-refractivity contribution >= 4 is 28.9 Å². The van der Waals surface area contributed by atoms with Crippen molar-refractivity contribution in [2.45, 2.75) is 13.5 Å². The van der Waals surface area contributed by atoms with Crippen LogP contribution in [0.1, 0.15) is 11.3 Å². The first-order chi connectivity index (χ1) is 9.95. The van der Waals surface area contributed by atoms with Crippen LogP contribution in [-0.2, 0) is 11.3 Å². The average molecular weight is 308 g/mol. The smallest absolute Gasteiger partial charge is 0.238 e. The van der Waals surface area contributed by atoms with E-state index in [2.05, 4.69) is 5.32 Å². The van der Waals surface area contributed by atoms with Crippen molar-refractivity contribution in [2.24, 2.45) is 0 Å². The minimum Gasteiger partial charge on any atom is -0.469 e. The summed E-state index contributed by atoms with van der Waals surface area (Å²) in [5, 5.41) is 3.29. The van der Waals surface area contributed by atoms with Gasteiger partial charge in [0.05, 0.1) is 24.2 Å². The molecule has 1 aromatic heterocycles. The lowest BCUT2D eigenvalue weighted by Gasteiger charge is -2.16. The van der Waals surface area contributed by atoms with Crippen LogP contribution < -0.4 is 11.1 Å². The lowest BCUT2D eigenvalue weighted by Crippen LogP contribution is -2.30. The number of hydrogen-bond acceptors (Lipinski definition) is 4. The first kappa shape index (κ1) is 15.4. The summed E-state index contributed by atoms with van der Waals surface area (Å²) in [6, 6.07) is 6.88. The molecule has 112 valence electrons. The first-order valence-corrected chi connectivity index (χ1v) is 6.90. The molecule has 2 rings (SSSR count). The predicted octanol–water partition coefficient (Wildman–Crippen LogP) is 2.89. The highest BCUT2D eigenvalue weighted by atomic mass is 35.5. The molecule has 0 spiro atoms. The van der Waals surface area contributed by atoms with E-state index < -0.39 is 0 Å². The molecule has 1 heterocycles. The Morgan fingerprint density at radius 1 is 1.43 bits per heavy atom. The van der Waals surface area contributed by atoms with E-state index in [1.165, 1.54) is 0 Å². The van der Waals surface area contributed by atoms with E-state index >= 15 is 0 Å². The number of amides is 1. The third-order valence-corrected chi connectivity index (χ3v) is 3.34. The Balaban J connectivity index is 1.92. The molecule has 21 heavy (non-hydrogen) atoms. The molecule has 0 aliphatic carbocycles. The van der Waals surface area contributed by atoms with Crippen LogP contribution in [0.25, 0.3) is 0 Å². The fourth-order valence-corrected chi connectivity index (χ4v) is 2.17. The van der Waals surface area contributed by atoms with E-state index in [-0.39, 0.29) is 12.5 Å². The highest BCUT2D eigenvalue weighted by Crippen LogP contribution is 2.22. The van der Waals surface area contributed by atoms with Crippen molar-refractivity contribution < 1.29 is 9.21 Å². The highest BCUT2D eigenvalue weighted by molar-refractivity contribution is 6.31. The van der Waals surface area contributed by atoms with E-state index in [0.29, 0.717) is 22.9 Å². The summed E-state index contributed by atoms with van der Waals surface area (Å²) < 4.78 is 5.24. The second kappa shape index (κ2) is 6.65. The number of aryl methyl sites for hydroxylation is 1. The lowest BCUT2D eigenvalue weighted by molar-refractivity contribution is -0.117. The number of anilines is 2. The van der Waals surface area contributed by atoms with E-state index in [1.807, 2.05) is 24.9 Å². The van der Waals surface area contributed by atoms with Gasteiger partial charge in [-0.3, -0.25) is 9.69 Å². The van der Waals surface area contributed by atoms with Crippen LogP contribution in [0, 0.1) is 6.92 Å². The number of furan rings is 1. The molecule has 0 radical (unpaired) electrons. The van der Waals surface area contributed by atoms with E-state index in [9.17, 15) is 4.79 Å².